The number of imidazole rings is 1. The Morgan fingerprint density at radius 3 is 2.75 bits per heavy atom. The van der Waals surface area contributed by atoms with Gasteiger partial charge < -0.3 is 14.3 Å². The molecular weight excluding hydrogens is 254 g/mol. The van der Waals surface area contributed by atoms with Crippen molar-refractivity contribution in [2.75, 3.05) is 5.32 Å². The number of furan rings is 1. The summed E-state index contributed by atoms with van der Waals surface area (Å²) in [6, 6.07) is 3.68. The standard InChI is InChI=1S/C14H17N5O/c1-10-11(9-19(3)17-10)16-13(12-5-4-8-20-12)14-15-6-7-18(14)2/h4-9,13,16H,1-3H3. The van der Waals surface area contributed by atoms with Gasteiger partial charge in [-0.15, -0.1) is 0 Å². The van der Waals surface area contributed by atoms with Gasteiger partial charge in [0.1, 0.15) is 17.6 Å². The van der Waals surface area contributed by atoms with Crippen molar-refractivity contribution >= 4 is 5.69 Å². The zero-order valence-electron chi connectivity index (χ0n) is 11.7. The molecule has 3 rings (SSSR count). The van der Waals surface area contributed by atoms with Gasteiger partial charge in [0.25, 0.3) is 0 Å². The van der Waals surface area contributed by atoms with Crippen LogP contribution < -0.4 is 5.32 Å². The lowest BCUT2D eigenvalue weighted by Crippen LogP contribution is -2.16. The highest BCUT2D eigenvalue weighted by Gasteiger charge is 2.22. The molecule has 0 aliphatic carbocycles. The van der Waals surface area contributed by atoms with Gasteiger partial charge in [-0.1, -0.05) is 0 Å². The SMILES string of the molecule is Cc1nn(C)cc1NC(c1ccco1)c1nccn1C. The first-order chi connectivity index (χ1) is 9.65. The van der Waals surface area contributed by atoms with E-state index in [9.17, 15) is 0 Å². The van der Waals surface area contributed by atoms with Crippen LogP contribution >= 0.6 is 0 Å². The first-order valence-corrected chi connectivity index (χ1v) is 6.42. The summed E-state index contributed by atoms with van der Waals surface area (Å²) in [4.78, 5) is 4.42. The minimum absolute atomic E-state index is 0.145. The number of hydrogen-bond acceptors (Lipinski definition) is 4. The topological polar surface area (TPSA) is 60.8 Å². The Kier molecular flexibility index (Phi) is 3.06. The molecule has 0 saturated carbocycles. The lowest BCUT2D eigenvalue weighted by atomic mass is 10.2. The van der Waals surface area contributed by atoms with Gasteiger partial charge in [0.2, 0.25) is 0 Å². The average Bonchev–Trinajstić information content (AvgIpc) is 3.10. The van der Waals surface area contributed by atoms with E-state index in [1.165, 1.54) is 0 Å². The molecule has 0 aliphatic heterocycles. The molecule has 6 nitrogen and oxygen atoms in total. The molecule has 0 bridgehead atoms. The van der Waals surface area contributed by atoms with Crippen molar-refractivity contribution < 1.29 is 4.42 Å². The van der Waals surface area contributed by atoms with Crippen LogP contribution in [0.2, 0.25) is 0 Å². The van der Waals surface area contributed by atoms with E-state index in [4.69, 9.17) is 4.42 Å². The fourth-order valence-electron chi connectivity index (χ4n) is 2.27. The Morgan fingerprint density at radius 1 is 1.35 bits per heavy atom. The Hall–Kier alpha value is -2.50. The van der Waals surface area contributed by atoms with Crippen molar-refractivity contribution in [3.8, 4) is 0 Å². The van der Waals surface area contributed by atoms with E-state index < -0.39 is 0 Å². The third-order valence-electron chi connectivity index (χ3n) is 3.26. The van der Waals surface area contributed by atoms with Crippen LogP contribution in [-0.2, 0) is 14.1 Å². The van der Waals surface area contributed by atoms with Gasteiger partial charge >= 0.3 is 0 Å². The van der Waals surface area contributed by atoms with Crippen molar-refractivity contribution in [1.29, 1.82) is 0 Å². The van der Waals surface area contributed by atoms with Gasteiger partial charge in [0.05, 0.1) is 17.6 Å². The molecule has 6 heteroatoms. The molecule has 0 fully saturated rings. The van der Waals surface area contributed by atoms with Crippen LogP contribution in [0.3, 0.4) is 0 Å². The molecule has 0 aromatic carbocycles. The van der Waals surface area contributed by atoms with Gasteiger partial charge in [-0.25, -0.2) is 4.98 Å². The molecule has 0 saturated heterocycles. The second-order valence-electron chi connectivity index (χ2n) is 4.79. The van der Waals surface area contributed by atoms with E-state index in [2.05, 4.69) is 15.4 Å². The maximum absolute atomic E-state index is 5.55. The Balaban J connectivity index is 1.99. The summed E-state index contributed by atoms with van der Waals surface area (Å²) in [5.41, 5.74) is 1.91. The van der Waals surface area contributed by atoms with Gasteiger partial charge in [-0.3, -0.25) is 4.68 Å². The molecule has 3 heterocycles. The highest BCUT2D eigenvalue weighted by molar-refractivity contribution is 5.48. The number of aryl methyl sites for hydroxylation is 3. The molecule has 0 spiro atoms. The molecule has 0 amide bonds. The molecule has 1 atom stereocenters. The van der Waals surface area contributed by atoms with Crippen LogP contribution in [0, 0.1) is 6.92 Å². The highest BCUT2D eigenvalue weighted by atomic mass is 16.3. The predicted octanol–water partition coefficient (Wildman–Crippen LogP) is 2.26. The van der Waals surface area contributed by atoms with Crippen molar-refractivity contribution in [2.24, 2.45) is 14.1 Å². The van der Waals surface area contributed by atoms with Crippen molar-refractivity contribution in [1.82, 2.24) is 19.3 Å². The maximum Gasteiger partial charge on any atom is 0.143 e. The summed E-state index contributed by atoms with van der Waals surface area (Å²) < 4.78 is 9.32. The summed E-state index contributed by atoms with van der Waals surface area (Å²) >= 11 is 0. The molecule has 0 aliphatic rings. The average molecular weight is 271 g/mol. The normalized spacial score (nSPS) is 12.6. The monoisotopic (exact) mass is 271 g/mol. The minimum Gasteiger partial charge on any atom is -0.467 e. The molecule has 3 aromatic rings. The number of rotatable bonds is 4. The molecule has 0 radical (unpaired) electrons. The van der Waals surface area contributed by atoms with Gasteiger partial charge in [-0.2, -0.15) is 5.10 Å². The van der Waals surface area contributed by atoms with Crippen LogP contribution in [0.25, 0.3) is 0 Å². The third-order valence-corrected chi connectivity index (χ3v) is 3.26. The van der Waals surface area contributed by atoms with E-state index >= 15 is 0 Å². The Labute approximate surface area is 117 Å². The first kappa shape index (κ1) is 12.5. The van der Waals surface area contributed by atoms with E-state index in [1.807, 2.05) is 50.1 Å². The molecule has 104 valence electrons. The largest absolute Gasteiger partial charge is 0.467 e. The van der Waals surface area contributed by atoms with Gasteiger partial charge in [-0.05, 0) is 19.1 Å². The summed E-state index contributed by atoms with van der Waals surface area (Å²) in [5, 5.41) is 7.80. The zero-order valence-corrected chi connectivity index (χ0v) is 11.7. The van der Waals surface area contributed by atoms with Crippen molar-refractivity contribution in [3.05, 3.63) is 54.3 Å². The molecule has 20 heavy (non-hydrogen) atoms. The number of aromatic nitrogens is 4. The fraction of sp³-hybridized carbons (Fsp3) is 0.286. The molecule has 1 unspecified atom stereocenters. The second kappa shape index (κ2) is 4.88. The smallest absolute Gasteiger partial charge is 0.143 e. The van der Waals surface area contributed by atoms with E-state index in [0.29, 0.717) is 0 Å². The van der Waals surface area contributed by atoms with Crippen LogP contribution in [0.15, 0.2) is 41.4 Å². The van der Waals surface area contributed by atoms with Crippen molar-refractivity contribution in [3.63, 3.8) is 0 Å². The number of nitrogens with one attached hydrogen (secondary N) is 1. The third kappa shape index (κ3) is 2.20. The lowest BCUT2D eigenvalue weighted by molar-refractivity contribution is 0.488. The minimum atomic E-state index is -0.145. The molecule has 1 N–H and O–H groups in total. The maximum atomic E-state index is 5.55. The van der Waals surface area contributed by atoms with Gasteiger partial charge in [0, 0.05) is 32.7 Å². The van der Waals surface area contributed by atoms with E-state index in [0.717, 1.165) is 23.0 Å². The van der Waals surface area contributed by atoms with Crippen molar-refractivity contribution in [2.45, 2.75) is 13.0 Å². The molecular formula is C14H17N5O. The zero-order chi connectivity index (χ0) is 14.1. The number of nitrogens with zero attached hydrogens (tertiary/aromatic N) is 4. The Morgan fingerprint density at radius 2 is 2.20 bits per heavy atom. The first-order valence-electron chi connectivity index (χ1n) is 6.42. The number of hydrogen-bond donors (Lipinski definition) is 1. The van der Waals surface area contributed by atoms with Crippen LogP contribution in [0.1, 0.15) is 23.3 Å². The summed E-state index contributed by atoms with van der Waals surface area (Å²) in [7, 11) is 3.87. The summed E-state index contributed by atoms with van der Waals surface area (Å²) in [6.07, 6.45) is 7.32. The summed E-state index contributed by atoms with van der Waals surface area (Å²) in [5.74, 6) is 1.71. The predicted molar refractivity (Wildman–Crippen MR) is 75.3 cm³/mol. The number of anilines is 1. The summed E-state index contributed by atoms with van der Waals surface area (Å²) in [6.45, 7) is 1.97. The van der Waals surface area contributed by atoms with Crippen LogP contribution in [0.4, 0.5) is 5.69 Å². The highest BCUT2D eigenvalue weighted by Crippen LogP contribution is 2.26. The van der Waals surface area contributed by atoms with Gasteiger partial charge in [0.15, 0.2) is 0 Å². The van der Waals surface area contributed by atoms with E-state index in [1.54, 1.807) is 17.1 Å². The van der Waals surface area contributed by atoms with Crippen LogP contribution in [-0.4, -0.2) is 19.3 Å². The fourth-order valence-corrected chi connectivity index (χ4v) is 2.27. The van der Waals surface area contributed by atoms with E-state index in [-0.39, 0.29) is 6.04 Å². The Bertz CT molecular complexity index is 695. The quantitative estimate of drug-likeness (QED) is 0.790. The van der Waals surface area contributed by atoms with Crippen LogP contribution in [0.5, 0.6) is 0 Å². The second-order valence-corrected chi connectivity index (χ2v) is 4.79. The molecule has 3 aromatic heterocycles. The lowest BCUT2D eigenvalue weighted by Gasteiger charge is -2.17.